The van der Waals surface area contributed by atoms with Gasteiger partial charge in [0.15, 0.2) is 0 Å². The summed E-state index contributed by atoms with van der Waals surface area (Å²) in [5, 5.41) is 0. The van der Waals surface area contributed by atoms with E-state index in [0.29, 0.717) is 5.92 Å². The van der Waals surface area contributed by atoms with E-state index in [1.807, 2.05) is 0 Å². The molecule has 2 unspecified atom stereocenters. The summed E-state index contributed by atoms with van der Waals surface area (Å²) >= 11 is 0. The van der Waals surface area contributed by atoms with Crippen molar-refractivity contribution in [3.8, 4) is 5.75 Å². The molecule has 0 aliphatic heterocycles. The van der Waals surface area contributed by atoms with Crippen LogP contribution in [0.5, 0.6) is 5.75 Å². The van der Waals surface area contributed by atoms with Crippen molar-refractivity contribution in [3.63, 3.8) is 0 Å². The number of nitrogens with two attached hydrogens (primary N) is 1. The Bertz CT molecular complexity index is 378. The second-order valence-electron chi connectivity index (χ2n) is 4.59. The van der Waals surface area contributed by atoms with Crippen LogP contribution >= 0.6 is 0 Å². The highest BCUT2D eigenvalue weighted by atomic mass is 19.4. The minimum atomic E-state index is -4.66. The highest BCUT2D eigenvalue weighted by Gasteiger charge is 2.31. The SMILES string of the molecule is CCC(C)CC(NN)c1ccc(OC(F)(F)F)cc1. The molecule has 0 heterocycles. The van der Waals surface area contributed by atoms with E-state index in [4.69, 9.17) is 5.84 Å². The molecular formula is C13H19F3N2O. The summed E-state index contributed by atoms with van der Waals surface area (Å²) in [5.41, 5.74) is 3.53. The molecule has 0 spiro atoms. The van der Waals surface area contributed by atoms with Crippen LogP contribution in [-0.4, -0.2) is 6.36 Å². The van der Waals surface area contributed by atoms with Gasteiger partial charge in [0.25, 0.3) is 0 Å². The first-order valence-electron chi connectivity index (χ1n) is 6.17. The Labute approximate surface area is 110 Å². The molecule has 0 saturated heterocycles. The third-order valence-electron chi connectivity index (χ3n) is 3.05. The molecule has 108 valence electrons. The summed E-state index contributed by atoms with van der Waals surface area (Å²) in [5.74, 6) is 5.74. The Morgan fingerprint density at radius 2 is 1.84 bits per heavy atom. The molecular weight excluding hydrogens is 257 g/mol. The van der Waals surface area contributed by atoms with Gasteiger partial charge < -0.3 is 4.74 Å². The van der Waals surface area contributed by atoms with Gasteiger partial charge in [-0.15, -0.1) is 13.2 Å². The minimum absolute atomic E-state index is 0.0742. The highest BCUT2D eigenvalue weighted by molar-refractivity contribution is 5.29. The van der Waals surface area contributed by atoms with Gasteiger partial charge in [-0.2, -0.15) is 0 Å². The van der Waals surface area contributed by atoms with Gasteiger partial charge in [-0.05, 0) is 30.0 Å². The molecule has 1 aromatic rings. The number of nitrogens with one attached hydrogen (secondary N) is 1. The molecule has 3 nitrogen and oxygen atoms in total. The average molecular weight is 276 g/mol. The van der Waals surface area contributed by atoms with Crippen molar-refractivity contribution in [1.29, 1.82) is 0 Å². The lowest BCUT2D eigenvalue weighted by Gasteiger charge is -2.20. The van der Waals surface area contributed by atoms with Crippen molar-refractivity contribution in [2.24, 2.45) is 11.8 Å². The predicted molar refractivity (Wildman–Crippen MR) is 67.3 cm³/mol. The molecule has 0 aliphatic rings. The standard InChI is InChI=1S/C13H19F3N2O/c1-3-9(2)8-12(18-17)10-4-6-11(7-5-10)19-13(14,15)16/h4-7,9,12,18H,3,8,17H2,1-2H3. The maximum Gasteiger partial charge on any atom is 0.573 e. The monoisotopic (exact) mass is 276 g/mol. The highest BCUT2D eigenvalue weighted by Crippen LogP contribution is 2.26. The summed E-state index contributed by atoms with van der Waals surface area (Å²) in [6.45, 7) is 4.18. The van der Waals surface area contributed by atoms with E-state index in [1.54, 1.807) is 12.1 Å². The largest absolute Gasteiger partial charge is 0.573 e. The van der Waals surface area contributed by atoms with Crippen molar-refractivity contribution in [2.75, 3.05) is 0 Å². The predicted octanol–water partition coefficient (Wildman–Crippen LogP) is 3.53. The third-order valence-corrected chi connectivity index (χ3v) is 3.05. The van der Waals surface area contributed by atoms with Crippen molar-refractivity contribution >= 4 is 0 Å². The number of alkyl halides is 3. The van der Waals surface area contributed by atoms with Gasteiger partial charge in [-0.25, -0.2) is 0 Å². The summed E-state index contributed by atoms with van der Waals surface area (Å²) in [6, 6.07) is 5.70. The van der Waals surface area contributed by atoms with Crippen LogP contribution in [0.15, 0.2) is 24.3 Å². The lowest BCUT2D eigenvalue weighted by atomic mass is 9.95. The van der Waals surface area contributed by atoms with Crippen LogP contribution in [0.4, 0.5) is 13.2 Å². The Balaban J connectivity index is 2.73. The molecule has 1 aromatic carbocycles. The summed E-state index contributed by atoms with van der Waals surface area (Å²) in [7, 11) is 0. The second kappa shape index (κ2) is 6.77. The minimum Gasteiger partial charge on any atom is -0.406 e. The molecule has 0 bridgehead atoms. The second-order valence-corrected chi connectivity index (χ2v) is 4.59. The first-order valence-corrected chi connectivity index (χ1v) is 6.17. The number of hydrazine groups is 1. The Hall–Kier alpha value is -1.27. The summed E-state index contributed by atoms with van der Waals surface area (Å²) < 4.78 is 39.9. The van der Waals surface area contributed by atoms with Crippen LogP contribution in [0.25, 0.3) is 0 Å². The number of halogens is 3. The Morgan fingerprint density at radius 3 is 2.26 bits per heavy atom. The number of rotatable bonds is 6. The molecule has 0 fully saturated rings. The van der Waals surface area contributed by atoms with Crippen LogP contribution in [0.3, 0.4) is 0 Å². The van der Waals surface area contributed by atoms with Crippen LogP contribution in [0.2, 0.25) is 0 Å². The van der Waals surface area contributed by atoms with Crippen LogP contribution in [-0.2, 0) is 0 Å². The van der Waals surface area contributed by atoms with Crippen LogP contribution < -0.4 is 16.0 Å². The smallest absolute Gasteiger partial charge is 0.406 e. The van der Waals surface area contributed by atoms with Gasteiger partial charge in [0.1, 0.15) is 5.75 Å². The van der Waals surface area contributed by atoms with Crippen molar-refractivity contribution in [1.82, 2.24) is 5.43 Å². The zero-order chi connectivity index (χ0) is 14.5. The maximum atomic E-state index is 12.0. The molecule has 19 heavy (non-hydrogen) atoms. The van der Waals surface area contributed by atoms with Gasteiger partial charge >= 0.3 is 6.36 Å². The van der Waals surface area contributed by atoms with E-state index in [9.17, 15) is 13.2 Å². The van der Waals surface area contributed by atoms with Crippen molar-refractivity contribution in [3.05, 3.63) is 29.8 Å². The van der Waals surface area contributed by atoms with E-state index < -0.39 is 6.36 Å². The summed E-state index contributed by atoms with van der Waals surface area (Å²) in [6.07, 6.45) is -2.82. The van der Waals surface area contributed by atoms with Gasteiger partial charge in [-0.3, -0.25) is 11.3 Å². The molecule has 3 N–H and O–H groups in total. The lowest BCUT2D eigenvalue weighted by Crippen LogP contribution is -2.29. The lowest BCUT2D eigenvalue weighted by molar-refractivity contribution is -0.274. The molecule has 6 heteroatoms. The third kappa shape index (κ3) is 5.48. The Kier molecular flexibility index (Phi) is 5.62. The first-order chi connectivity index (χ1) is 8.85. The van der Waals surface area contributed by atoms with E-state index in [2.05, 4.69) is 24.0 Å². The average Bonchev–Trinajstić information content (AvgIpc) is 2.35. The maximum absolute atomic E-state index is 12.0. The van der Waals surface area contributed by atoms with Crippen LogP contribution in [0.1, 0.15) is 38.3 Å². The molecule has 0 radical (unpaired) electrons. The quantitative estimate of drug-likeness (QED) is 0.617. The molecule has 0 saturated carbocycles. The van der Waals surface area contributed by atoms with Crippen molar-refractivity contribution in [2.45, 2.75) is 39.1 Å². The zero-order valence-electron chi connectivity index (χ0n) is 11.0. The zero-order valence-corrected chi connectivity index (χ0v) is 11.0. The summed E-state index contributed by atoms with van der Waals surface area (Å²) in [4.78, 5) is 0. The van der Waals surface area contributed by atoms with Gasteiger partial charge in [0, 0.05) is 6.04 Å². The molecule has 1 rings (SSSR count). The van der Waals surface area contributed by atoms with E-state index in [-0.39, 0.29) is 11.8 Å². The molecule has 0 amide bonds. The van der Waals surface area contributed by atoms with Gasteiger partial charge in [0.05, 0.1) is 0 Å². The normalized spacial score (nSPS) is 15.1. The van der Waals surface area contributed by atoms with Gasteiger partial charge in [-0.1, -0.05) is 32.4 Å². The van der Waals surface area contributed by atoms with Crippen molar-refractivity contribution < 1.29 is 17.9 Å². The number of hydrogen-bond donors (Lipinski definition) is 2. The fourth-order valence-electron chi connectivity index (χ4n) is 1.77. The number of benzene rings is 1. The van der Waals surface area contributed by atoms with E-state index in [0.717, 1.165) is 18.4 Å². The molecule has 0 aliphatic carbocycles. The van der Waals surface area contributed by atoms with E-state index >= 15 is 0 Å². The molecule has 0 aromatic heterocycles. The molecule has 2 atom stereocenters. The topological polar surface area (TPSA) is 47.3 Å². The van der Waals surface area contributed by atoms with Gasteiger partial charge in [0.2, 0.25) is 0 Å². The fraction of sp³-hybridized carbons (Fsp3) is 0.538. The first kappa shape index (κ1) is 15.8. The van der Waals surface area contributed by atoms with Crippen LogP contribution in [0, 0.1) is 5.92 Å². The Morgan fingerprint density at radius 1 is 1.26 bits per heavy atom. The number of hydrogen-bond acceptors (Lipinski definition) is 3. The van der Waals surface area contributed by atoms with E-state index in [1.165, 1.54) is 12.1 Å². The number of ether oxygens (including phenoxy) is 1. The fourth-order valence-corrected chi connectivity index (χ4v) is 1.77.